The van der Waals surface area contributed by atoms with Crippen molar-refractivity contribution in [3.63, 3.8) is 0 Å². The summed E-state index contributed by atoms with van der Waals surface area (Å²) in [5.74, 6) is -2.04. The van der Waals surface area contributed by atoms with E-state index in [9.17, 15) is 13.6 Å². The Morgan fingerprint density at radius 3 is 2.50 bits per heavy atom. The molecular weight excluding hydrogens is 196 g/mol. The highest BCUT2D eigenvalue weighted by molar-refractivity contribution is 5.75. The number of aliphatic hydroxyl groups is 1. The van der Waals surface area contributed by atoms with Gasteiger partial charge in [0.25, 0.3) is 0 Å². The second-order valence-corrected chi connectivity index (χ2v) is 2.77. The van der Waals surface area contributed by atoms with Gasteiger partial charge in [-0.25, -0.2) is 4.79 Å². The van der Waals surface area contributed by atoms with E-state index in [4.69, 9.17) is 15.9 Å². The minimum atomic E-state index is -3.87. The van der Waals surface area contributed by atoms with Crippen LogP contribution in [0.15, 0.2) is 0 Å². The fourth-order valence-electron chi connectivity index (χ4n) is 0.476. The Hall–Kier alpha value is -1.19. The maximum absolute atomic E-state index is 12.4. The van der Waals surface area contributed by atoms with Crippen LogP contribution >= 0.6 is 0 Å². The largest absolute Gasteiger partial charge is 0.477 e. The fraction of sp³-hybridized carbons (Fsp3) is 0.625. The molecule has 0 spiro atoms. The minimum Gasteiger partial charge on any atom is -0.477 e. The van der Waals surface area contributed by atoms with Crippen molar-refractivity contribution >= 4 is 5.97 Å². The fourth-order valence-corrected chi connectivity index (χ4v) is 0.476. The zero-order valence-electron chi connectivity index (χ0n) is 7.50. The van der Waals surface area contributed by atoms with Crippen LogP contribution in [0, 0.1) is 11.8 Å². The number of carboxylic acid groups (broad SMARTS) is 1. The quantitative estimate of drug-likeness (QED) is 0.560. The first kappa shape index (κ1) is 12.8. The summed E-state index contributed by atoms with van der Waals surface area (Å²) >= 11 is 0. The van der Waals surface area contributed by atoms with E-state index in [0.29, 0.717) is 0 Å². The number of alkyl halides is 2. The Morgan fingerprint density at radius 2 is 2.14 bits per heavy atom. The van der Waals surface area contributed by atoms with Crippen LogP contribution in [0.5, 0.6) is 0 Å². The van der Waals surface area contributed by atoms with E-state index in [-0.39, 0.29) is 0 Å². The molecule has 0 saturated heterocycles. The van der Waals surface area contributed by atoms with Crippen molar-refractivity contribution in [3.05, 3.63) is 0 Å². The van der Waals surface area contributed by atoms with Gasteiger partial charge in [0, 0.05) is 0 Å². The topological polar surface area (TPSA) is 83.5 Å². The van der Waals surface area contributed by atoms with E-state index < -0.39 is 30.5 Å². The van der Waals surface area contributed by atoms with E-state index in [1.54, 1.807) is 0 Å². The molecule has 80 valence electrons. The summed E-state index contributed by atoms with van der Waals surface area (Å²) in [4.78, 5) is 9.93. The standard InChI is InChI=1S/C8H11F2NO3/c1-5(12)6(11)3-2-4-8(9,10)7(13)14/h5-6,12H,4,11H2,1H3,(H,13,14). The molecule has 0 amide bonds. The second-order valence-electron chi connectivity index (χ2n) is 2.77. The number of hydrogen-bond acceptors (Lipinski definition) is 3. The van der Waals surface area contributed by atoms with Crippen LogP contribution < -0.4 is 5.73 Å². The number of halogens is 2. The van der Waals surface area contributed by atoms with E-state index in [0.717, 1.165) is 0 Å². The molecule has 4 nitrogen and oxygen atoms in total. The van der Waals surface area contributed by atoms with Gasteiger partial charge in [0.05, 0.1) is 18.6 Å². The van der Waals surface area contributed by atoms with Gasteiger partial charge in [-0.3, -0.25) is 0 Å². The van der Waals surface area contributed by atoms with E-state index in [1.165, 1.54) is 6.92 Å². The Morgan fingerprint density at radius 1 is 1.64 bits per heavy atom. The summed E-state index contributed by atoms with van der Waals surface area (Å²) in [7, 11) is 0. The Balaban J connectivity index is 4.23. The first-order valence-corrected chi connectivity index (χ1v) is 3.80. The van der Waals surface area contributed by atoms with Gasteiger partial charge in [-0.1, -0.05) is 11.8 Å². The lowest BCUT2D eigenvalue weighted by Crippen LogP contribution is -2.31. The molecular formula is C8H11F2NO3. The molecule has 0 heterocycles. The van der Waals surface area contributed by atoms with Gasteiger partial charge in [0.15, 0.2) is 0 Å². The summed E-state index contributed by atoms with van der Waals surface area (Å²) in [6.45, 7) is 1.36. The first-order valence-electron chi connectivity index (χ1n) is 3.80. The maximum atomic E-state index is 12.4. The third-order valence-corrected chi connectivity index (χ3v) is 1.41. The molecule has 0 aromatic carbocycles. The van der Waals surface area contributed by atoms with Crippen molar-refractivity contribution in [1.82, 2.24) is 0 Å². The lowest BCUT2D eigenvalue weighted by molar-refractivity contribution is -0.163. The van der Waals surface area contributed by atoms with Crippen LogP contribution in [0.2, 0.25) is 0 Å². The van der Waals surface area contributed by atoms with Crippen LogP contribution in [0.4, 0.5) is 8.78 Å². The van der Waals surface area contributed by atoms with Crippen LogP contribution in [-0.4, -0.2) is 34.3 Å². The highest BCUT2D eigenvalue weighted by Gasteiger charge is 2.37. The lowest BCUT2D eigenvalue weighted by atomic mass is 10.2. The van der Waals surface area contributed by atoms with Crippen LogP contribution in [-0.2, 0) is 4.79 Å². The number of aliphatic carboxylic acids is 1. The number of rotatable bonds is 3. The molecule has 2 unspecified atom stereocenters. The predicted molar refractivity (Wildman–Crippen MR) is 44.6 cm³/mol. The molecule has 0 aliphatic rings. The second kappa shape index (κ2) is 4.88. The van der Waals surface area contributed by atoms with Crippen molar-refractivity contribution in [2.45, 2.75) is 31.4 Å². The number of carbonyl (C=O) groups is 1. The summed E-state index contributed by atoms with van der Waals surface area (Å²) < 4.78 is 24.8. The van der Waals surface area contributed by atoms with Gasteiger partial charge in [0.2, 0.25) is 0 Å². The first-order chi connectivity index (χ1) is 6.27. The Bertz CT molecular complexity index is 267. The molecule has 0 saturated carbocycles. The SMILES string of the molecule is CC(O)C(N)C#CCC(F)(F)C(=O)O. The van der Waals surface area contributed by atoms with Crippen molar-refractivity contribution in [2.75, 3.05) is 0 Å². The molecule has 0 aliphatic carbocycles. The Labute approximate surface area is 79.7 Å². The molecule has 2 atom stereocenters. The highest BCUT2D eigenvalue weighted by Crippen LogP contribution is 2.17. The van der Waals surface area contributed by atoms with Crippen LogP contribution in [0.3, 0.4) is 0 Å². The minimum absolute atomic E-state index is 0.944. The monoisotopic (exact) mass is 207 g/mol. The number of carboxylic acids is 1. The number of aliphatic hydroxyl groups excluding tert-OH is 1. The normalized spacial score (nSPS) is 15.2. The third-order valence-electron chi connectivity index (χ3n) is 1.41. The van der Waals surface area contributed by atoms with Crippen molar-refractivity contribution in [2.24, 2.45) is 5.73 Å². The zero-order chi connectivity index (χ0) is 11.4. The molecule has 14 heavy (non-hydrogen) atoms. The average Bonchev–Trinajstić information content (AvgIpc) is 2.03. The molecule has 0 radical (unpaired) electrons. The van der Waals surface area contributed by atoms with Crippen molar-refractivity contribution in [1.29, 1.82) is 0 Å². The van der Waals surface area contributed by atoms with Gasteiger partial charge in [-0.05, 0) is 6.92 Å². The summed E-state index contributed by atoms with van der Waals surface area (Å²) in [6, 6.07) is -0.945. The van der Waals surface area contributed by atoms with Gasteiger partial charge in [-0.2, -0.15) is 8.78 Å². The molecule has 0 aromatic rings. The van der Waals surface area contributed by atoms with E-state index in [1.807, 2.05) is 5.92 Å². The smallest absolute Gasteiger partial charge is 0.375 e. The number of hydrogen-bond donors (Lipinski definition) is 3. The lowest BCUT2D eigenvalue weighted by Gasteiger charge is -2.07. The average molecular weight is 207 g/mol. The summed E-state index contributed by atoms with van der Waals surface area (Å²) in [6.07, 6.45) is -2.05. The molecule has 4 N–H and O–H groups in total. The third kappa shape index (κ3) is 4.16. The highest BCUT2D eigenvalue weighted by atomic mass is 19.3. The summed E-state index contributed by atoms with van der Waals surface area (Å²) in [5.41, 5.74) is 5.21. The van der Waals surface area contributed by atoms with E-state index >= 15 is 0 Å². The molecule has 0 rings (SSSR count). The van der Waals surface area contributed by atoms with E-state index in [2.05, 4.69) is 5.92 Å². The molecule has 0 aromatic heterocycles. The van der Waals surface area contributed by atoms with Gasteiger partial charge < -0.3 is 15.9 Å². The predicted octanol–water partition coefficient (Wildman–Crippen LogP) is -0.192. The van der Waals surface area contributed by atoms with Crippen LogP contribution in [0.25, 0.3) is 0 Å². The van der Waals surface area contributed by atoms with Crippen molar-refractivity contribution in [3.8, 4) is 11.8 Å². The molecule has 0 aliphatic heterocycles. The Kier molecular flexibility index (Phi) is 4.47. The van der Waals surface area contributed by atoms with Gasteiger partial charge in [0.1, 0.15) is 0 Å². The van der Waals surface area contributed by atoms with Gasteiger partial charge in [-0.15, -0.1) is 0 Å². The number of nitrogens with two attached hydrogens (primary N) is 1. The van der Waals surface area contributed by atoms with Crippen LogP contribution in [0.1, 0.15) is 13.3 Å². The van der Waals surface area contributed by atoms with Gasteiger partial charge >= 0.3 is 11.9 Å². The molecule has 0 bridgehead atoms. The van der Waals surface area contributed by atoms with Crippen molar-refractivity contribution < 1.29 is 23.8 Å². The zero-order valence-corrected chi connectivity index (χ0v) is 7.50. The molecule has 6 heteroatoms. The maximum Gasteiger partial charge on any atom is 0.375 e. The summed E-state index contributed by atoms with van der Waals surface area (Å²) in [5, 5.41) is 16.8. The molecule has 0 fully saturated rings.